The number of hydrogen-bond donors (Lipinski definition) is 2. The van der Waals surface area contributed by atoms with Crippen LogP contribution in [-0.2, 0) is 10.0 Å². The smallest absolute Gasteiger partial charge is 0.255 e. The Morgan fingerprint density at radius 1 is 1.00 bits per heavy atom. The molecule has 2 aromatic carbocycles. The Bertz CT molecular complexity index is 1050. The summed E-state index contributed by atoms with van der Waals surface area (Å²) in [5.74, 6) is -0.614. The molecule has 7 nitrogen and oxygen atoms in total. The lowest BCUT2D eigenvalue weighted by atomic mass is 10.1. The Morgan fingerprint density at radius 3 is 2.17 bits per heavy atom. The minimum absolute atomic E-state index is 0.0597. The molecule has 30 heavy (non-hydrogen) atoms. The van der Waals surface area contributed by atoms with E-state index in [1.807, 2.05) is 0 Å². The molecule has 160 valence electrons. The highest BCUT2D eigenvalue weighted by Gasteiger charge is 2.26. The summed E-state index contributed by atoms with van der Waals surface area (Å²) in [4.78, 5) is 24.6. The first-order chi connectivity index (χ1) is 14.3. The number of hydrogen-bond acceptors (Lipinski definition) is 4. The summed E-state index contributed by atoms with van der Waals surface area (Å²) in [6, 6.07) is 10.9. The van der Waals surface area contributed by atoms with E-state index >= 15 is 0 Å². The van der Waals surface area contributed by atoms with Crippen molar-refractivity contribution in [2.75, 3.05) is 18.4 Å². The normalized spacial score (nSPS) is 13.9. The average molecular weight is 450 g/mol. The molecular formula is C21H24ClN3O4S. The van der Waals surface area contributed by atoms with Gasteiger partial charge in [0.2, 0.25) is 10.0 Å². The van der Waals surface area contributed by atoms with Crippen LogP contribution in [0.25, 0.3) is 0 Å². The molecule has 0 unspecified atom stereocenters. The van der Waals surface area contributed by atoms with Crippen molar-refractivity contribution in [3.05, 3.63) is 58.6 Å². The van der Waals surface area contributed by atoms with Gasteiger partial charge in [0.1, 0.15) is 4.90 Å². The van der Waals surface area contributed by atoms with Crippen LogP contribution in [0.3, 0.4) is 0 Å². The molecule has 1 fully saturated rings. The fourth-order valence-corrected chi connectivity index (χ4v) is 4.91. The molecule has 1 saturated carbocycles. The van der Waals surface area contributed by atoms with Gasteiger partial charge in [0.15, 0.2) is 0 Å². The highest BCUT2D eigenvalue weighted by molar-refractivity contribution is 7.89. The van der Waals surface area contributed by atoms with Crippen LogP contribution in [-0.4, -0.2) is 43.7 Å². The van der Waals surface area contributed by atoms with Crippen molar-refractivity contribution in [3.63, 3.8) is 0 Å². The minimum atomic E-state index is -3.80. The maximum atomic E-state index is 12.8. The molecule has 0 saturated heterocycles. The van der Waals surface area contributed by atoms with Crippen molar-refractivity contribution in [1.29, 1.82) is 0 Å². The molecule has 0 aromatic heterocycles. The Kier molecular flexibility index (Phi) is 6.80. The maximum absolute atomic E-state index is 12.8. The predicted molar refractivity (Wildman–Crippen MR) is 116 cm³/mol. The monoisotopic (exact) mass is 449 g/mol. The van der Waals surface area contributed by atoms with Crippen LogP contribution in [0.5, 0.6) is 0 Å². The Hall–Kier alpha value is -2.42. The molecule has 2 N–H and O–H groups in total. The van der Waals surface area contributed by atoms with E-state index in [9.17, 15) is 18.0 Å². The van der Waals surface area contributed by atoms with Crippen LogP contribution in [0, 0.1) is 0 Å². The van der Waals surface area contributed by atoms with Gasteiger partial charge in [0.05, 0.1) is 5.02 Å². The predicted octanol–water partition coefficient (Wildman–Crippen LogP) is 3.52. The molecule has 0 radical (unpaired) electrons. The van der Waals surface area contributed by atoms with Gasteiger partial charge in [0, 0.05) is 35.9 Å². The van der Waals surface area contributed by atoms with Gasteiger partial charge in [-0.25, -0.2) is 8.42 Å². The number of amides is 2. The molecule has 0 bridgehead atoms. The van der Waals surface area contributed by atoms with Crippen LogP contribution in [0.4, 0.5) is 5.69 Å². The van der Waals surface area contributed by atoms with E-state index in [0.29, 0.717) is 24.3 Å². The van der Waals surface area contributed by atoms with E-state index in [1.165, 1.54) is 22.5 Å². The van der Waals surface area contributed by atoms with Crippen molar-refractivity contribution >= 4 is 39.1 Å². The number of sulfonamides is 1. The van der Waals surface area contributed by atoms with Crippen LogP contribution >= 0.6 is 11.6 Å². The first kappa shape index (κ1) is 22.3. The summed E-state index contributed by atoms with van der Waals surface area (Å²) in [7, 11) is -3.80. The molecule has 3 rings (SSSR count). The minimum Gasteiger partial charge on any atom is -0.349 e. The van der Waals surface area contributed by atoms with Gasteiger partial charge >= 0.3 is 0 Å². The van der Waals surface area contributed by atoms with Gasteiger partial charge in [-0.3, -0.25) is 9.59 Å². The van der Waals surface area contributed by atoms with Crippen molar-refractivity contribution in [1.82, 2.24) is 9.62 Å². The van der Waals surface area contributed by atoms with Gasteiger partial charge in [-0.2, -0.15) is 4.31 Å². The van der Waals surface area contributed by atoms with Crippen LogP contribution < -0.4 is 10.6 Å². The zero-order chi connectivity index (χ0) is 21.9. The average Bonchev–Trinajstić information content (AvgIpc) is 3.53. The summed E-state index contributed by atoms with van der Waals surface area (Å²) in [6.07, 6.45) is 2.01. The molecule has 0 aliphatic heterocycles. The summed E-state index contributed by atoms with van der Waals surface area (Å²) < 4.78 is 26.9. The first-order valence-corrected chi connectivity index (χ1v) is 11.6. The van der Waals surface area contributed by atoms with Crippen molar-refractivity contribution in [2.24, 2.45) is 0 Å². The third-order valence-corrected chi connectivity index (χ3v) is 7.37. The maximum Gasteiger partial charge on any atom is 0.255 e. The molecule has 0 spiro atoms. The number of nitrogens with one attached hydrogen (secondary N) is 2. The first-order valence-electron chi connectivity index (χ1n) is 9.78. The van der Waals surface area contributed by atoms with E-state index in [1.54, 1.807) is 38.1 Å². The highest BCUT2D eigenvalue weighted by atomic mass is 35.5. The van der Waals surface area contributed by atoms with Gasteiger partial charge in [0.25, 0.3) is 11.8 Å². The standard InChI is InChI=1S/C21H24ClN3O4S/c1-3-25(4-2)30(28,29)19-13-15(7-12-18(19)22)21(27)24-16-8-5-14(6-9-16)20(26)23-17-10-11-17/h5-9,12-13,17H,3-4,10-11H2,1-2H3,(H,23,26)(H,24,27). The molecule has 1 aliphatic carbocycles. The van der Waals surface area contributed by atoms with E-state index in [4.69, 9.17) is 11.6 Å². The third-order valence-electron chi connectivity index (χ3n) is 4.83. The van der Waals surface area contributed by atoms with Gasteiger partial charge in [-0.05, 0) is 55.3 Å². The van der Waals surface area contributed by atoms with Crippen LogP contribution in [0.2, 0.25) is 5.02 Å². The van der Waals surface area contributed by atoms with Crippen molar-refractivity contribution < 1.29 is 18.0 Å². The largest absolute Gasteiger partial charge is 0.349 e. The van der Waals surface area contributed by atoms with Crippen molar-refractivity contribution in [2.45, 2.75) is 37.6 Å². The number of carbonyl (C=O) groups excluding carboxylic acids is 2. The molecule has 2 aromatic rings. The molecule has 1 aliphatic rings. The molecule has 0 atom stereocenters. The molecular weight excluding hydrogens is 426 g/mol. The second-order valence-corrected chi connectivity index (χ2v) is 9.33. The van der Waals surface area contributed by atoms with Gasteiger partial charge < -0.3 is 10.6 Å². The Labute approximate surface area is 181 Å². The summed E-state index contributed by atoms with van der Waals surface area (Å²) in [5, 5.41) is 5.67. The van der Waals surface area contributed by atoms with E-state index in [2.05, 4.69) is 10.6 Å². The number of carbonyl (C=O) groups is 2. The van der Waals surface area contributed by atoms with Gasteiger partial charge in [-0.15, -0.1) is 0 Å². The van der Waals surface area contributed by atoms with E-state index in [-0.39, 0.29) is 27.4 Å². The quantitative estimate of drug-likeness (QED) is 0.644. The number of halogens is 1. The fraction of sp³-hybridized carbons (Fsp3) is 0.333. The molecule has 0 heterocycles. The van der Waals surface area contributed by atoms with E-state index in [0.717, 1.165) is 12.8 Å². The number of anilines is 1. The number of nitrogens with zero attached hydrogens (tertiary/aromatic N) is 1. The second kappa shape index (κ2) is 9.16. The SMILES string of the molecule is CCN(CC)S(=O)(=O)c1cc(C(=O)Nc2ccc(C(=O)NC3CC3)cc2)ccc1Cl. The van der Waals surface area contributed by atoms with E-state index < -0.39 is 15.9 Å². The zero-order valence-electron chi connectivity index (χ0n) is 16.8. The molecule has 2 amide bonds. The fourth-order valence-electron chi connectivity index (χ4n) is 2.95. The lowest BCUT2D eigenvalue weighted by molar-refractivity contribution is 0.0950. The van der Waals surface area contributed by atoms with Crippen molar-refractivity contribution in [3.8, 4) is 0 Å². The third kappa shape index (κ3) is 5.00. The van der Waals surface area contributed by atoms with Gasteiger partial charge in [-0.1, -0.05) is 25.4 Å². The number of rotatable bonds is 8. The summed E-state index contributed by atoms with van der Waals surface area (Å²) in [5.41, 5.74) is 1.17. The topological polar surface area (TPSA) is 95.6 Å². The lowest BCUT2D eigenvalue weighted by Crippen LogP contribution is -2.31. The Balaban J connectivity index is 1.76. The molecule has 9 heteroatoms. The highest BCUT2D eigenvalue weighted by Crippen LogP contribution is 2.26. The van der Waals surface area contributed by atoms with Crippen LogP contribution in [0.1, 0.15) is 47.4 Å². The summed E-state index contributed by atoms with van der Waals surface area (Å²) >= 11 is 6.12. The number of benzene rings is 2. The lowest BCUT2D eigenvalue weighted by Gasteiger charge is -2.19. The zero-order valence-corrected chi connectivity index (χ0v) is 18.4. The van der Waals surface area contributed by atoms with Crippen LogP contribution in [0.15, 0.2) is 47.4 Å². The second-order valence-electron chi connectivity index (χ2n) is 7.01. The summed E-state index contributed by atoms with van der Waals surface area (Å²) in [6.45, 7) is 4.07. The Morgan fingerprint density at radius 2 is 1.60 bits per heavy atom.